The molecule has 0 aliphatic heterocycles. The van der Waals surface area contributed by atoms with Gasteiger partial charge in [0.25, 0.3) is 0 Å². The Morgan fingerprint density at radius 1 is 1.40 bits per heavy atom. The lowest BCUT2D eigenvalue weighted by molar-refractivity contribution is 0.0819. The number of hydrogen-bond acceptors (Lipinski definition) is 3. The summed E-state index contributed by atoms with van der Waals surface area (Å²) in [7, 11) is -1.08. The molecular formula is C14H20N4OSi. The highest BCUT2D eigenvalue weighted by Gasteiger charge is 2.14. The summed E-state index contributed by atoms with van der Waals surface area (Å²) in [5, 5.41) is 5.06. The van der Waals surface area contributed by atoms with Gasteiger partial charge in [0.2, 0.25) is 0 Å². The molecule has 2 aromatic rings. The fraction of sp³-hybridized carbons (Fsp3) is 0.429. The molecule has 0 bridgehead atoms. The Morgan fingerprint density at radius 3 is 2.80 bits per heavy atom. The van der Waals surface area contributed by atoms with Crippen molar-refractivity contribution in [3.05, 3.63) is 29.6 Å². The fourth-order valence-electron chi connectivity index (χ4n) is 1.89. The number of nitrogens with zero attached hydrogens (tertiary/aromatic N) is 3. The van der Waals surface area contributed by atoms with E-state index in [1.54, 1.807) is 10.7 Å². The number of aromatic nitrogens is 2. The summed E-state index contributed by atoms with van der Waals surface area (Å²) in [4.78, 5) is 3.44. The largest absolute Gasteiger partial charge is 0.399 e. The average Bonchev–Trinajstić information content (AvgIpc) is 2.71. The van der Waals surface area contributed by atoms with Crippen LogP contribution in [0.3, 0.4) is 0 Å². The predicted molar refractivity (Wildman–Crippen MR) is 84.5 cm³/mol. The Morgan fingerprint density at radius 2 is 2.15 bits per heavy atom. The molecule has 0 spiro atoms. The van der Waals surface area contributed by atoms with E-state index in [0.717, 1.165) is 23.6 Å². The van der Waals surface area contributed by atoms with Gasteiger partial charge in [-0.3, -0.25) is 0 Å². The van der Waals surface area contributed by atoms with Crippen LogP contribution in [-0.4, -0.2) is 24.5 Å². The Bertz CT molecular complexity index is 651. The van der Waals surface area contributed by atoms with Crippen molar-refractivity contribution in [1.82, 2.24) is 9.78 Å². The maximum Gasteiger partial charge on any atom is 0.303 e. The Balaban J connectivity index is 2.13. The Hall–Kier alpha value is -1.84. The quantitative estimate of drug-likeness (QED) is 0.396. The van der Waals surface area contributed by atoms with Crippen LogP contribution in [0.25, 0.3) is 15.7 Å². The molecule has 1 aromatic heterocycles. The van der Waals surface area contributed by atoms with Crippen LogP contribution in [0.5, 0.6) is 0 Å². The van der Waals surface area contributed by atoms with Gasteiger partial charge in [0.1, 0.15) is 0 Å². The molecule has 1 aromatic carbocycles. The van der Waals surface area contributed by atoms with Crippen molar-refractivity contribution in [2.24, 2.45) is 0 Å². The molecule has 0 saturated heterocycles. The van der Waals surface area contributed by atoms with E-state index in [1.165, 1.54) is 0 Å². The summed E-state index contributed by atoms with van der Waals surface area (Å²) in [5.74, 6) is 0.376. The van der Waals surface area contributed by atoms with E-state index in [-0.39, 0.29) is 0 Å². The van der Waals surface area contributed by atoms with E-state index in [1.807, 2.05) is 12.1 Å². The minimum absolute atomic E-state index is 0.375. The molecule has 6 heteroatoms. The van der Waals surface area contributed by atoms with Crippen LogP contribution in [0.15, 0.2) is 18.2 Å². The second-order valence-corrected chi connectivity index (χ2v) is 11.7. The summed E-state index contributed by atoms with van der Waals surface area (Å²) >= 11 is 0. The molecule has 106 valence electrons. The first kappa shape index (κ1) is 14.6. The normalized spacial score (nSPS) is 11.7. The number of anilines is 1. The van der Waals surface area contributed by atoms with Crippen LogP contribution in [0, 0.1) is 6.57 Å². The monoisotopic (exact) mass is 288 g/mol. The number of ether oxygens (including phenoxy) is 1. The standard InChI is InChI=1S/C14H20N4OSi/c1-16-14-12-9-11(15)5-6-13(12)18(17-14)10-19-7-8-20(2,3)4/h5-6,9H,7-8,10,15H2,2-4H3. The molecule has 20 heavy (non-hydrogen) atoms. The first-order valence-corrected chi connectivity index (χ1v) is 10.3. The van der Waals surface area contributed by atoms with Gasteiger partial charge in [-0.15, -0.1) is 0 Å². The van der Waals surface area contributed by atoms with Gasteiger partial charge in [-0.2, -0.15) is 4.68 Å². The molecule has 0 fully saturated rings. The lowest BCUT2D eigenvalue weighted by Gasteiger charge is -2.14. The van der Waals surface area contributed by atoms with Gasteiger partial charge in [0.05, 0.1) is 5.52 Å². The van der Waals surface area contributed by atoms with E-state index in [0.29, 0.717) is 18.2 Å². The number of rotatable bonds is 5. The third-order valence-corrected chi connectivity index (χ3v) is 4.78. The minimum atomic E-state index is -1.08. The van der Waals surface area contributed by atoms with Crippen LogP contribution in [0.1, 0.15) is 0 Å². The third-order valence-electron chi connectivity index (χ3n) is 3.07. The summed E-state index contributed by atoms with van der Waals surface area (Å²) in [5.41, 5.74) is 7.29. The lowest BCUT2D eigenvalue weighted by Crippen LogP contribution is -2.22. The van der Waals surface area contributed by atoms with Gasteiger partial charge in [-0.25, -0.2) is 0 Å². The Kier molecular flexibility index (Phi) is 4.11. The van der Waals surface area contributed by atoms with Crippen molar-refractivity contribution >= 4 is 30.5 Å². The van der Waals surface area contributed by atoms with E-state index >= 15 is 0 Å². The topological polar surface area (TPSA) is 57.4 Å². The highest BCUT2D eigenvalue weighted by molar-refractivity contribution is 6.76. The van der Waals surface area contributed by atoms with E-state index in [4.69, 9.17) is 17.0 Å². The van der Waals surface area contributed by atoms with Crippen LogP contribution in [-0.2, 0) is 11.5 Å². The fourth-order valence-corrected chi connectivity index (χ4v) is 2.65. The van der Waals surface area contributed by atoms with Crippen molar-refractivity contribution in [1.29, 1.82) is 0 Å². The molecule has 0 radical (unpaired) electrons. The minimum Gasteiger partial charge on any atom is -0.399 e. The van der Waals surface area contributed by atoms with Crippen LogP contribution in [0.2, 0.25) is 25.7 Å². The maximum absolute atomic E-state index is 7.18. The second-order valence-electron chi connectivity index (χ2n) is 6.06. The zero-order chi connectivity index (χ0) is 14.8. The maximum atomic E-state index is 7.18. The molecule has 1 heterocycles. The van der Waals surface area contributed by atoms with Crippen molar-refractivity contribution in [2.75, 3.05) is 12.3 Å². The SMILES string of the molecule is [C-]#[N+]c1nn(COCC[Si](C)(C)C)c2ccc(N)cc12. The second kappa shape index (κ2) is 5.65. The summed E-state index contributed by atoms with van der Waals surface area (Å²) in [6.45, 7) is 15.2. The number of nitrogens with two attached hydrogens (primary N) is 1. The molecule has 2 N–H and O–H groups in total. The molecule has 0 amide bonds. The van der Waals surface area contributed by atoms with E-state index in [2.05, 4.69) is 29.6 Å². The van der Waals surface area contributed by atoms with Crippen molar-refractivity contribution < 1.29 is 4.74 Å². The lowest BCUT2D eigenvalue weighted by atomic mass is 10.2. The molecule has 2 rings (SSSR count). The van der Waals surface area contributed by atoms with E-state index in [9.17, 15) is 0 Å². The number of hydrogen-bond donors (Lipinski definition) is 1. The van der Waals surface area contributed by atoms with Gasteiger partial charge in [-0.05, 0) is 29.3 Å². The molecular weight excluding hydrogens is 268 g/mol. The highest BCUT2D eigenvalue weighted by Crippen LogP contribution is 2.27. The van der Waals surface area contributed by atoms with Gasteiger partial charge >= 0.3 is 5.82 Å². The Labute approximate surface area is 120 Å². The summed E-state index contributed by atoms with van der Waals surface area (Å²) < 4.78 is 7.42. The number of fused-ring (bicyclic) bond motifs is 1. The van der Waals surface area contributed by atoms with Crippen LogP contribution < -0.4 is 5.73 Å². The number of benzene rings is 1. The van der Waals surface area contributed by atoms with E-state index < -0.39 is 8.07 Å². The first-order valence-electron chi connectivity index (χ1n) is 6.62. The molecule has 5 nitrogen and oxygen atoms in total. The average molecular weight is 288 g/mol. The third kappa shape index (κ3) is 3.38. The highest BCUT2D eigenvalue weighted by atomic mass is 28.3. The first-order chi connectivity index (χ1) is 9.40. The zero-order valence-corrected chi connectivity index (χ0v) is 13.2. The van der Waals surface area contributed by atoms with Gasteiger partial charge < -0.3 is 15.3 Å². The van der Waals surface area contributed by atoms with Crippen molar-refractivity contribution in [3.8, 4) is 0 Å². The molecule has 0 aliphatic rings. The van der Waals surface area contributed by atoms with Gasteiger partial charge in [0, 0.05) is 25.8 Å². The van der Waals surface area contributed by atoms with Gasteiger partial charge in [-0.1, -0.05) is 26.2 Å². The summed E-state index contributed by atoms with van der Waals surface area (Å²) in [6, 6.07) is 6.60. The molecule has 0 atom stereocenters. The predicted octanol–water partition coefficient (Wildman–Crippen LogP) is 3.48. The van der Waals surface area contributed by atoms with Crippen molar-refractivity contribution in [2.45, 2.75) is 32.4 Å². The molecule has 0 unspecified atom stereocenters. The van der Waals surface area contributed by atoms with Crippen LogP contribution >= 0.6 is 0 Å². The molecule has 0 saturated carbocycles. The van der Waals surface area contributed by atoms with Gasteiger partial charge in [0.15, 0.2) is 6.73 Å². The summed E-state index contributed by atoms with van der Waals surface area (Å²) in [6.07, 6.45) is 0. The molecule has 0 aliphatic carbocycles. The number of nitrogen functional groups attached to an aromatic ring is 1. The smallest absolute Gasteiger partial charge is 0.303 e. The van der Waals surface area contributed by atoms with Crippen molar-refractivity contribution in [3.63, 3.8) is 0 Å². The zero-order valence-electron chi connectivity index (χ0n) is 12.2. The van der Waals surface area contributed by atoms with Crippen LogP contribution in [0.4, 0.5) is 11.5 Å².